The van der Waals surface area contributed by atoms with Crippen LogP contribution < -0.4 is 5.73 Å². The number of aromatic nitrogens is 1. The first kappa shape index (κ1) is 10.6. The number of nitrogens with zero attached hydrogens (tertiary/aromatic N) is 1. The van der Waals surface area contributed by atoms with Gasteiger partial charge in [0.1, 0.15) is 0 Å². The van der Waals surface area contributed by atoms with Gasteiger partial charge in [-0.2, -0.15) is 0 Å². The number of nitrogens with two attached hydrogens (primary N) is 1. The van der Waals surface area contributed by atoms with Crippen LogP contribution in [0.15, 0.2) is 54.7 Å². The van der Waals surface area contributed by atoms with E-state index in [0.717, 1.165) is 28.6 Å². The van der Waals surface area contributed by atoms with E-state index < -0.39 is 0 Å². The minimum Gasteiger partial charge on any atom is -0.399 e. The van der Waals surface area contributed by atoms with E-state index >= 15 is 0 Å². The van der Waals surface area contributed by atoms with Gasteiger partial charge in [-0.25, -0.2) is 0 Å². The predicted molar refractivity (Wildman–Crippen MR) is 73.1 cm³/mol. The molecule has 1 heterocycles. The lowest BCUT2D eigenvalue weighted by Gasteiger charge is -2.05. The second-order valence-electron chi connectivity index (χ2n) is 4.18. The molecule has 3 rings (SSSR count). The first-order valence-corrected chi connectivity index (χ1v) is 5.71. The number of carbonyl (C=O) groups is 1. The van der Waals surface area contributed by atoms with Crippen molar-refractivity contribution in [3.63, 3.8) is 0 Å². The van der Waals surface area contributed by atoms with Crippen LogP contribution in [0.2, 0.25) is 0 Å². The summed E-state index contributed by atoms with van der Waals surface area (Å²) in [5.74, 6) is 0. The highest BCUT2D eigenvalue weighted by atomic mass is 16.1. The van der Waals surface area contributed by atoms with E-state index in [2.05, 4.69) is 0 Å². The molecule has 0 saturated heterocycles. The van der Waals surface area contributed by atoms with Crippen molar-refractivity contribution in [1.29, 1.82) is 0 Å². The molecule has 0 aliphatic rings. The summed E-state index contributed by atoms with van der Waals surface area (Å²) in [5, 5.41) is 0.962. The summed E-state index contributed by atoms with van der Waals surface area (Å²) in [6.07, 6.45) is 2.74. The number of hydrogen-bond donors (Lipinski definition) is 1. The van der Waals surface area contributed by atoms with Gasteiger partial charge >= 0.3 is 0 Å². The van der Waals surface area contributed by atoms with Gasteiger partial charge in [0, 0.05) is 28.5 Å². The molecular formula is C15H12N2O. The number of carbonyl (C=O) groups excluding carboxylic acids is 1. The minimum atomic E-state index is 0.697. The molecule has 3 nitrogen and oxygen atoms in total. The number of para-hydroxylation sites is 1. The van der Waals surface area contributed by atoms with Gasteiger partial charge in [-0.15, -0.1) is 0 Å². The fourth-order valence-corrected chi connectivity index (χ4v) is 2.15. The highest BCUT2D eigenvalue weighted by Gasteiger charge is 2.08. The summed E-state index contributed by atoms with van der Waals surface area (Å²) in [6.45, 7) is 0. The summed E-state index contributed by atoms with van der Waals surface area (Å²) in [7, 11) is 0. The lowest BCUT2D eigenvalue weighted by Crippen LogP contribution is -1.92. The fraction of sp³-hybridized carbons (Fsp3) is 0. The Morgan fingerprint density at radius 3 is 2.44 bits per heavy atom. The van der Waals surface area contributed by atoms with Crippen LogP contribution in [-0.4, -0.2) is 10.9 Å². The van der Waals surface area contributed by atoms with Gasteiger partial charge in [-0.3, -0.25) is 4.79 Å². The molecule has 0 atom stereocenters. The van der Waals surface area contributed by atoms with Gasteiger partial charge in [0.15, 0.2) is 6.29 Å². The third kappa shape index (κ3) is 1.57. The standard InChI is InChI=1S/C15H12N2O/c16-12-5-7-13(8-6-12)17-9-11(10-18)14-3-1-2-4-15(14)17/h1-10H,16H2. The topological polar surface area (TPSA) is 48.0 Å². The molecular weight excluding hydrogens is 224 g/mol. The van der Waals surface area contributed by atoms with Gasteiger partial charge < -0.3 is 10.3 Å². The number of benzene rings is 2. The highest BCUT2D eigenvalue weighted by molar-refractivity contribution is 5.98. The molecule has 0 spiro atoms. The van der Waals surface area contributed by atoms with Crippen molar-refractivity contribution in [3.05, 3.63) is 60.3 Å². The Labute approximate surface area is 104 Å². The summed E-state index contributed by atoms with van der Waals surface area (Å²) in [5.41, 5.74) is 9.12. The highest BCUT2D eigenvalue weighted by Crippen LogP contribution is 2.24. The van der Waals surface area contributed by atoms with Crippen molar-refractivity contribution < 1.29 is 4.79 Å². The average Bonchev–Trinajstić information content (AvgIpc) is 2.79. The van der Waals surface area contributed by atoms with E-state index in [1.165, 1.54) is 0 Å². The summed E-state index contributed by atoms with van der Waals surface area (Å²) >= 11 is 0. The summed E-state index contributed by atoms with van der Waals surface area (Å²) < 4.78 is 2.00. The van der Waals surface area contributed by atoms with E-state index in [1.807, 2.05) is 59.3 Å². The molecule has 2 aromatic carbocycles. The van der Waals surface area contributed by atoms with E-state index in [1.54, 1.807) is 0 Å². The van der Waals surface area contributed by atoms with Crippen molar-refractivity contribution >= 4 is 22.9 Å². The molecule has 3 heteroatoms. The van der Waals surface area contributed by atoms with Crippen LogP contribution in [0.5, 0.6) is 0 Å². The van der Waals surface area contributed by atoms with Gasteiger partial charge in [0.05, 0.1) is 5.52 Å². The van der Waals surface area contributed by atoms with Gasteiger partial charge in [0.2, 0.25) is 0 Å². The molecule has 0 aliphatic carbocycles. The molecule has 0 bridgehead atoms. The zero-order valence-electron chi connectivity index (χ0n) is 9.71. The second kappa shape index (κ2) is 4.04. The molecule has 0 amide bonds. The smallest absolute Gasteiger partial charge is 0.152 e. The molecule has 1 aromatic heterocycles. The monoisotopic (exact) mass is 236 g/mol. The van der Waals surface area contributed by atoms with Gasteiger partial charge in [0.25, 0.3) is 0 Å². The lowest BCUT2D eigenvalue weighted by atomic mass is 10.2. The van der Waals surface area contributed by atoms with Crippen LogP contribution >= 0.6 is 0 Å². The van der Waals surface area contributed by atoms with E-state index in [-0.39, 0.29) is 0 Å². The summed E-state index contributed by atoms with van der Waals surface area (Å²) in [4.78, 5) is 11.1. The zero-order valence-corrected chi connectivity index (χ0v) is 9.71. The SMILES string of the molecule is Nc1ccc(-n2cc(C=O)c3ccccc32)cc1. The maximum Gasteiger partial charge on any atom is 0.152 e. The van der Waals surface area contributed by atoms with Crippen LogP contribution in [0.1, 0.15) is 10.4 Å². The quantitative estimate of drug-likeness (QED) is 0.549. The van der Waals surface area contributed by atoms with Crippen molar-refractivity contribution in [2.24, 2.45) is 0 Å². The molecule has 0 unspecified atom stereocenters. The van der Waals surface area contributed by atoms with Crippen molar-refractivity contribution in [2.45, 2.75) is 0 Å². The Morgan fingerprint density at radius 2 is 1.72 bits per heavy atom. The van der Waals surface area contributed by atoms with Crippen LogP contribution in [-0.2, 0) is 0 Å². The van der Waals surface area contributed by atoms with Crippen LogP contribution in [0, 0.1) is 0 Å². The maximum atomic E-state index is 11.1. The van der Waals surface area contributed by atoms with Crippen molar-refractivity contribution in [3.8, 4) is 5.69 Å². The van der Waals surface area contributed by atoms with Gasteiger partial charge in [-0.1, -0.05) is 18.2 Å². The zero-order chi connectivity index (χ0) is 12.5. The van der Waals surface area contributed by atoms with Crippen LogP contribution in [0.25, 0.3) is 16.6 Å². The number of aldehydes is 1. The Morgan fingerprint density at radius 1 is 1.00 bits per heavy atom. The third-order valence-corrected chi connectivity index (χ3v) is 3.04. The number of nitrogen functional groups attached to an aromatic ring is 1. The largest absolute Gasteiger partial charge is 0.399 e. The van der Waals surface area contributed by atoms with Crippen LogP contribution in [0.4, 0.5) is 5.69 Å². The molecule has 2 N–H and O–H groups in total. The summed E-state index contributed by atoms with van der Waals surface area (Å²) in [6, 6.07) is 15.4. The van der Waals surface area contributed by atoms with Gasteiger partial charge in [-0.05, 0) is 30.3 Å². The molecule has 0 fully saturated rings. The normalized spacial score (nSPS) is 10.7. The second-order valence-corrected chi connectivity index (χ2v) is 4.18. The Kier molecular flexibility index (Phi) is 2.38. The Balaban J connectivity index is 2.29. The number of hydrogen-bond acceptors (Lipinski definition) is 2. The number of rotatable bonds is 2. The number of fused-ring (bicyclic) bond motifs is 1. The third-order valence-electron chi connectivity index (χ3n) is 3.04. The van der Waals surface area contributed by atoms with E-state index in [0.29, 0.717) is 5.56 Å². The molecule has 3 aromatic rings. The van der Waals surface area contributed by atoms with Crippen LogP contribution in [0.3, 0.4) is 0 Å². The predicted octanol–water partition coefficient (Wildman–Crippen LogP) is 3.03. The van der Waals surface area contributed by atoms with E-state index in [9.17, 15) is 4.79 Å². The minimum absolute atomic E-state index is 0.697. The lowest BCUT2D eigenvalue weighted by molar-refractivity contribution is 0.112. The molecule has 88 valence electrons. The molecule has 0 aliphatic heterocycles. The van der Waals surface area contributed by atoms with E-state index in [4.69, 9.17) is 5.73 Å². The first-order chi connectivity index (χ1) is 8.79. The van der Waals surface area contributed by atoms with Crippen molar-refractivity contribution in [2.75, 3.05) is 5.73 Å². The first-order valence-electron chi connectivity index (χ1n) is 5.71. The Bertz CT molecular complexity index is 711. The van der Waals surface area contributed by atoms with Crippen molar-refractivity contribution in [1.82, 2.24) is 4.57 Å². The molecule has 18 heavy (non-hydrogen) atoms. The average molecular weight is 236 g/mol. The number of anilines is 1. The fourth-order valence-electron chi connectivity index (χ4n) is 2.15. The Hall–Kier alpha value is -2.55. The maximum absolute atomic E-state index is 11.1. The molecule has 0 saturated carbocycles. The molecule has 0 radical (unpaired) electrons.